The number of fused-ring (bicyclic) bond motifs is 3. The maximum absolute atomic E-state index is 5.96. The molecule has 35 heavy (non-hydrogen) atoms. The quantitative estimate of drug-likeness (QED) is 0.558. The third-order valence-corrected chi connectivity index (χ3v) is 7.18. The monoisotopic (exact) mass is 475 g/mol. The number of imidazole rings is 1. The van der Waals surface area contributed by atoms with E-state index in [2.05, 4.69) is 59.0 Å². The predicted molar refractivity (Wildman–Crippen MR) is 134 cm³/mol. The fourth-order valence-electron chi connectivity index (χ4n) is 5.06. The molecule has 0 atom stereocenters. The number of anilines is 1. The van der Waals surface area contributed by atoms with Crippen LogP contribution in [0.2, 0.25) is 0 Å². The van der Waals surface area contributed by atoms with Crippen molar-refractivity contribution in [1.29, 1.82) is 0 Å². The minimum Gasteiger partial charge on any atom is -0.467 e. The van der Waals surface area contributed by atoms with E-state index in [0.29, 0.717) is 24.3 Å². The highest BCUT2D eigenvalue weighted by molar-refractivity contribution is 5.64. The molecular weight excluding hydrogens is 442 g/mol. The first-order chi connectivity index (χ1) is 17.1. The number of aromatic nitrogens is 4. The summed E-state index contributed by atoms with van der Waals surface area (Å²) in [5.41, 5.74) is 4.14. The van der Waals surface area contributed by atoms with Crippen molar-refractivity contribution in [3.05, 3.63) is 48.2 Å². The zero-order valence-corrected chi connectivity index (χ0v) is 20.6. The Balaban J connectivity index is 1.16. The number of morpholine rings is 1. The molecular formula is C26H33N7O2. The summed E-state index contributed by atoms with van der Waals surface area (Å²) in [7, 11) is 0. The zero-order chi connectivity index (χ0) is 23.8. The van der Waals surface area contributed by atoms with Crippen molar-refractivity contribution in [2.75, 3.05) is 57.4 Å². The van der Waals surface area contributed by atoms with Crippen LogP contribution in [0.4, 0.5) is 5.69 Å². The Morgan fingerprint density at radius 3 is 2.46 bits per heavy atom. The van der Waals surface area contributed by atoms with Crippen LogP contribution in [0, 0.1) is 0 Å². The summed E-state index contributed by atoms with van der Waals surface area (Å²) >= 11 is 0. The average molecular weight is 476 g/mol. The molecule has 2 saturated heterocycles. The van der Waals surface area contributed by atoms with E-state index in [0.717, 1.165) is 81.8 Å². The SMILES string of the molecule is CC(C)N1CCN(c2ccc(-c3cnc4c(n3)OCc3nc(CN5CCOCC5)cn3-4)cc2)CC1. The fraction of sp³-hybridized carbons (Fsp3) is 0.500. The molecule has 3 aliphatic heterocycles. The molecule has 9 nitrogen and oxygen atoms in total. The van der Waals surface area contributed by atoms with Gasteiger partial charge in [0.2, 0.25) is 5.82 Å². The van der Waals surface area contributed by atoms with Crippen LogP contribution in [-0.2, 0) is 17.9 Å². The van der Waals surface area contributed by atoms with Crippen LogP contribution in [0.15, 0.2) is 36.7 Å². The van der Waals surface area contributed by atoms with E-state index in [-0.39, 0.29) is 0 Å². The number of hydrogen-bond acceptors (Lipinski definition) is 8. The first-order valence-electron chi connectivity index (χ1n) is 12.6. The Kier molecular flexibility index (Phi) is 6.13. The lowest BCUT2D eigenvalue weighted by Gasteiger charge is -2.38. The van der Waals surface area contributed by atoms with Gasteiger partial charge in [-0.1, -0.05) is 12.1 Å². The van der Waals surface area contributed by atoms with Gasteiger partial charge in [0.1, 0.15) is 6.61 Å². The first kappa shape index (κ1) is 22.5. The van der Waals surface area contributed by atoms with Gasteiger partial charge in [-0.15, -0.1) is 0 Å². The smallest absolute Gasteiger partial charge is 0.259 e. The number of benzene rings is 1. The summed E-state index contributed by atoms with van der Waals surface area (Å²) in [5.74, 6) is 2.12. The van der Waals surface area contributed by atoms with Crippen molar-refractivity contribution in [2.45, 2.75) is 33.0 Å². The van der Waals surface area contributed by atoms with Crippen molar-refractivity contribution < 1.29 is 9.47 Å². The number of ether oxygens (including phenoxy) is 2. The average Bonchev–Trinajstić information content (AvgIpc) is 3.32. The lowest BCUT2D eigenvalue weighted by molar-refractivity contribution is 0.0337. The van der Waals surface area contributed by atoms with Crippen molar-refractivity contribution in [2.24, 2.45) is 0 Å². The Morgan fingerprint density at radius 2 is 1.71 bits per heavy atom. The van der Waals surface area contributed by atoms with Crippen LogP contribution in [0.3, 0.4) is 0 Å². The van der Waals surface area contributed by atoms with Crippen LogP contribution >= 0.6 is 0 Å². The number of hydrogen-bond donors (Lipinski definition) is 0. The Hall–Kier alpha value is -3.01. The highest BCUT2D eigenvalue weighted by Crippen LogP contribution is 2.30. The lowest BCUT2D eigenvalue weighted by Crippen LogP contribution is -2.48. The molecule has 2 fully saturated rings. The molecule has 0 spiro atoms. The van der Waals surface area contributed by atoms with Crippen LogP contribution in [0.5, 0.6) is 5.88 Å². The molecule has 0 saturated carbocycles. The van der Waals surface area contributed by atoms with Gasteiger partial charge in [0.25, 0.3) is 5.88 Å². The summed E-state index contributed by atoms with van der Waals surface area (Å²) in [6.45, 7) is 13.5. The summed E-state index contributed by atoms with van der Waals surface area (Å²) in [6, 6.07) is 9.25. The van der Waals surface area contributed by atoms with Crippen molar-refractivity contribution in [1.82, 2.24) is 29.3 Å². The Labute approximate surface area is 206 Å². The van der Waals surface area contributed by atoms with Gasteiger partial charge >= 0.3 is 0 Å². The second kappa shape index (κ2) is 9.56. The maximum Gasteiger partial charge on any atom is 0.259 e. The lowest BCUT2D eigenvalue weighted by atomic mass is 10.1. The van der Waals surface area contributed by atoms with E-state index < -0.39 is 0 Å². The van der Waals surface area contributed by atoms with E-state index in [4.69, 9.17) is 24.4 Å². The van der Waals surface area contributed by atoms with Gasteiger partial charge in [0.05, 0.1) is 30.8 Å². The molecule has 1 aromatic carbocycles. The van der Waals surface area contributed by atoms with Crippen molar-refractivity contribution in [3.63, 3.8) is 0 Å². The van der Waals surface area contributed by atoms with Gasteiger partial charge in [-0.3, -0.25) is 14.4 Å². The second-order valence-corrected chi connectivity index (χ2v) is 9.74. The highest BCUT2D eigenvalue weighted by atomic mass is 16.5. The predicted octanol–water partition coefficient (Wildman–Crippen LogP) is 2.58. The van der Waals surface area contributed by atoms with Gasteiger partial charge in [0, 0.05) is 69.3 Å². The normalized spacial score (nSPS) is 18.9. The molecule has 0 aliphatic carbocycles. The van der Waals surface area contributed by atoms with Gasteiger partial charge in [-0.2, -0.15) is 0 Å². The van der Waals surface area contributed by atoms with E-state index in [1.165, 1.54) is 5.69 Å². The second-order valence-electron chi connectivity index (χ2n) is 9.74. The Morgan fingerprint density at radius 1 is 0.943 bits per heavy atom. The van der Waals surface area contributed by atoms with Gasteiger partial charge < -0.3 is 14.4 Å². The minimum atomic E-state index is 0.398. The topological polar surface area (TPSA) is 71.8 Å². The van der Waals surface area contributed by atoms with Crippen LogP contribution in [0.1, 0.15) is 25.4 Å². The molecule has 2 aromatic heterocycles. The third kappa shape index (κ3) is 4.63. The van der Waals surface area contributed by atoms with Crippen LogP contribution < -0.4 is 9.64 Å². The maximum atomic E-state index is 5.96. The molecule has 6 rings (SSSR count). The highest BCUT2D eigenvalue weighted by Gasteiger charge is 2.24. The summed E-state index contributed by atoms with van der Waals surface area (Å²) in [5, 5.41) is 0. The van der Waals surface area contributed by atoms with E-state index in [1.807, 2.05) is 10.8 Å². The molecule has 3 aliphatic rings. The standard InChI is InChI=1S/C26H33N7O2/c1-19(2)31-7-9-32(10-8-31)22-5-3-20(4-6-22)23-15-27-25-26(29-23)35-18-24-28-21(17-33(24)25)16-30-11-13-34-14-12-30/h3-6,15,17,19H,7-14,16,18H2,1-2H3. The molecule has 3 aromatic rings. The van der Waals surface area contributed by atoms with Crippen LogP contribution in [0.25, 0.3) is 17.1 Å². The van der Waals surface area contributed by atoms with Crippen molar-refractivity contribution in [3.8, 4) is 23.0 Å². The zero-order valence-electron chi connectivity index (χ0n) is 20.6. The summed E-state index contributed by atoms with van der Waals surface area (Å²) in [4.78, 5) is 21.6. The largest absolute Gasteiger partial charge is 0.467 e. The molecule has 0 amide bonds. The van der Waals surface area contributed by atoms with Crippen molar-refractivity contribution >= 4 is 5.69 Å². The van der Waals surface area contributed by atoms with Gasteiger partial charge in [0.15, 0.2) is 5.82 Å². The van der Waals surface area contributed by atoms with Crippen LogP contribution in [-0.4, -0.2) is 87.8 Å². The number of rotatable bonds is 5. The molecule has 0 radical (unpaired) electrons. The minimum absolute atomic E-state index is 0.398. The summed E-state index contributed by atoms with van der Waals surface area (Å²) < 4.78 is 13.4. The van der Waals surface area contributed by atoms with Gasteiger partial charge in [-0.25, -0.2) is 15.0 Å². The molecule has 0 unspecified atom stereocenters. The number of piperazine rings is 1. The molecule has 5 heterocycles. The number of nitrogens with zero attached hydrogens (tertiary/aromatic N) is 7. The molecule has 184 valence electrons. The van der Waals surface area contributed by atoms with Gasteiger partial charge in [-0.05, 0) is 26.0 Å². The summed E-state index contributed by atoms with van der Waals surface area (Å²) in [6.07, 6.45) is 3.89. The first-order valence-corrected chi connectivity index (χ1v) is 12.6. The van der Waals surface area contributed by atoms with E-state index in [1.54, 1.807) is 0 Å². The molecule has 0 bridgehead atoms. The fourth-order valence-corrected chi connectivity index (χ4v) is 5.06. The Bertz CT molecular complexity index is 1160. The van der Waals surface area contributed by atoms with E-state index >= 15 is 0 Å². The van der Waals surface area contributed by atoms with E-state index in [9.17, 15) is 0 Å². The molecule has 0 N–H and O–H groups in total. The third-order valence-electron chi connectivity index (χ3n) is 7.18. The molecule has 9 heteroatoms.